The minimum atomic E-state index is -3.29. The Kier molecular flexibility index (Phi) is 5.12. The lowest BCUT2D eigenvalue weighted by molar-refractivity contribution is -0.120. The highest BCUT2D eigenvalue weighted by Gasteiger charge is 2.23. The molecule has 3 N–H and O–H groups in total. The van der Waals surface area contributed by atoms with E-state index in [1.54, 1.807) is 12.1 Å². The summed E-state index contributed by atoms with van der Waals surface area (Å²) < 4.78 is 23.1. The normalized spacial score (nSPS) is 12.4. The number of carbonyl (C=O) groups is 1. The van der Waals surface area contributed by atoms with Gasteiger partial charge in [0.05, 0.1) is 10.8 Å². The van der Waals surface area contributed by atoms with Gasteiger partial charge in [-0.2, -0.15) is 0 Å². The number of hydrogen-bond donors (Lipinski definition) is 2. The fraction of sp³-hybridized carbons (Fsp3) is 0.125. The van der Waals surface area contributed by atoms with E-state index in [0.29, 0.717) is 5.56 Å². The summed E-state index contributed by atoms with van der Waals surface area (Å²) in [4.78, 5) is 12.6. The van der Waals surface area contributed by atoms with Crippen LogP contribution < -0.4 is 11.1 Å². The third-order valence-corrected chi connectivity index (χ3v) is 4.51. The van der Waals surface area contributed by atoms with Gasteiger partial charge < -0.3 is 11.1 Å². The summed E-state index contributed by atoms with van der Waals surface area (Å²) in [6.07, 6.45) is 1.14. The molecular formula is C16H16N2O3S2. The second-order valence-corrected chi connectivity index (χ2v) is 7.49. The molecular weight excluding hydrogens is 332 g/mol. The van der Waals surface area contributed by atoms with Crippen LogP contribution in [-0.4, -0.2) is 25.7 Å². The van der Waals surface area contributed by atoms with Crippen LogP contribution in [0.25, 0.3) is 0 Å². The molecule has 1 atom stereocenters. The van der Waals surface area contributed by atoms with Gasteiger partial charge in [-0.1, -0.05) is 42.5 Å². The molecule has 0 fully saturated rings. The van der Waals surface area contributed by atoms with Crippen LogP contribution in [0.2, 0.25) is 0 Å². The average molecular weight is 348 g/mol. The predicted molar refractivity (Wildman–Crippen MR) is 92.8 cm³/mol. The molecule has 2 rings (SSSR count). The Morgan fingerprint density at radius 2 is 1.57 bits per heavy atom. The Balaban J connectivity index is 2.45. The lowest BCUT2D eigenvalue weighted by atomic mass is 9.90. The van der Waals surface area contributed by atoms with Gasteiger partial charge in [0.2, 0.25) is 5.91 Å². The van der Waals surface area contributed by atoms with Gasteiger partial charge in [0.1, 0.15) is 0 Å². The second kappa shape index (κ2) is 6.89. The molecule has 7 heteroatoms. The van der Waals surface area contributed by atoms with E-state index in [0.717, 1.165) is 11.8 Å². The molecule has 0 spiro atoms. The first-order valence-corrected chi connectivity index (χ1v) is 9.04. The number of carbonyl (C=O) groups excluding carboxylic acids is 1. The van der Waals surface area contributed by atoms with Crippen LogP contribution in [0.4, 0.5) is 0 Å². The smallest absolute Gasteiger partial charge is 0.238 e. The van der Waals surface area contributed by atoms with Crippen LogP contribution in [0, 0.1) is 0 Å². The van der Waals surface area contributed by atoms with E-state index in [9.17, 15) is 13.2 Å². The molecule has 0 radical (unpaired) electrons. The van der Waals surface area contributed by atoms with Crippen LogP contribution in [0.5, 0.6) is 0 Å². The van der Waals surface area contributed by atoms with E-state index < -0.39 is 15.8 Å². The Morgan fingerprint density at radius 1 is 1.04 bits per heavy atom. The zero-order valence-electron chi connectivity index (χ0n) is 12.4. The first-order valence-electron chi connectivity index (χ1n) is 6.74. The van der Waals surface area contributed by atoms with E-state index in [4.69, 9.17) is 18.0 Å². The molecule has 0 aliphatic carbocycles. The summed E-state index contributed by atoms with van der Waals surface area (Å²) in [6.45, 7) is 0. The lowest BCUT2D eigenvalue weighted by Gasteiger charge is -2.17. The van der Waals surface area contributed by atoms with E-state index in [1.807, 2.05) is 30.3 Å². The zero-order valence-corrected chi connectivity index (χ0v) is 14.0. The van der Waals surface area contributed by atoms with E-state index in [1.165, 1.54) is 12.1 Å². The van der Waals surface area contributed by atoms with Crippen molar-refractivity contribution < 1.29 is 13.2 Å². The van der Waals surface area contributed by atoms with Crippen molar-refractivity contribution in [3.05, 3.63) is 65.7 Å². The fourth-order valence-corrected chi connectivity index (χ4v) is 2.97. The Bertz CT molecular complexity index is 816. The Morgan fingerprint density at radius 3 is 2.04 bits per heavy atom. The average Bonchev–Trinajstić information content (AvgIpc) is 2.47. The van der Waals surface area contributed by atoms with Crippen LogP contribution in [0.15, 0.2) is 59.5 Å². The maximum Gasteiger partial charge on any atom is 0.238 e. The monoisotopic (exact) mass is 348 g/mol. The highest BCUT2D eigenvalue weighted by Crippen LogP contribution is 2.26. The summed E-state index contributed by atoms with van der Waals surface area (Å²) in [5.74, 6) is -0.998. The largest absolute Gasteiger partial charge is 0.376 e. The van der Waals surface area contributed by atoms with Crippen molar-refractivity contribution in [1.82, 2.24) is 5.32 Å². The lowest BCUT2D eigenvalue weighted by Crippen LogP contribution is -2.38. The van der Waals surface area contributed by atoms with E-state index >= 15 is 0 Å². The number of amides is 1. The zero-order chi connectivity index (χ0) is 17.0. The van der Waals surface area contributed by atoms with Gasteiger partial charge in [-0.05, 0) is 35.5 Å². The third kappa shape index (κ3) is 4.37. The number of thiocarbonyl (C=S) groups is 1. The molecule has 0 bridgehead atoms. The number of nitrogens with two attached hydrogens (primary N) is 1. The van der Waals surface area contributed by atoms with Gasteiger partial charge in [-0.15, -0.1) is 0 Å². The molecule has 0 aliphatic heterocycles. The summed E-state index contributed by atoms with van der Waals surface area (Å²) >= 11 is 4.73. The number of benzene rings is 2. The van der Waals surface area contributed by atoms with E-state index in [-0.39, 0.29) is 15.9 Å². The minimum absolute atomic E-state index is 0.108. The molecule has 0 saturated carbocycles. The maximum absolute atomic E-state index is 12.4. The molecule has 0 aromatic heterocycles. The Hall–Kier alpha value is -2.25. The topological polar surface area (TPSA) is 89.3 Å². The quantitative estimate of drug-likeness (QED) is 0.819. The number of sulfone groups is 1. The van der Waals surface area contributed by atoms with Crippen molar-refractivity contribution in [2.45, 2.75) is 10.8 Å². The van der Waals surface area contributed by atoms with Crippen molar-refractivity contribution in [2.75, 3.05) is 6.26 Å². The molecule has 5 nitrogen and oxygen atoms in total. The molecule has 23 heavy (non-hydrogen) atoms. The molecule has 0 saturated heterocycles. The van der Waals surface area contributed by atoms with Gasteiger partial charge in [0, 0.05) is 6.26 Å². The molecule has 1 unspecified atom stereocenters. The van der Waals surface area contributed by atoms with Crippen molar-refractivity contribution in [2.24, 2.45) is 5.73 Å². The minimum Gasteiger partial charge on any atom is -0.376 e. The van der Waals surface area contributed by atoms with Gasteiger partial charge in [0.25, 0.3) is 0 Å². The van der Waals surface area contributed by atoms with Crippen LogP contribution in [0.3, 0.4) is 0 Å². The highest BCUT2D eigenvalue weighted by atomic mass is 32.2. The number of nitrogens with one attached hydrogen (secondary N) is 1. The number of rotatable bonds is 4. The summed E-state index contributed by atoms with van der Waals surface area (Å²) in [6, 6.07) is 15.3. The standard InChI is InChI=1S/C16H16N2O3S2/c1-23(20,21)13-9-7-12(8-10-13)14(15(19)18-16(17)22)11-5-3-2-4-6-11/h2-10,14H,1H3,(H3,17,18,19,22). The SMILES string of the molecule is CS(=O)(=O)c1ccc(C(C(=O)NC(N)=S)c2ccccc2)cc1. The first kappa shape index (κ1) is 17.1. The van der Waals surface area contributed by atoms with E-state index in [2.05, 4.69) is 5.32 Å². The maximum atomic E-state index is 12.4. The van der Waals surface area contributed by atoms with Gasteiger partial charge >= 0.3 is 0 Å². The first-order chi connectivity index (χ1) is 10.8. The molecule has 120 valence electrons. The third-order valence-electron chi connectivity index (χ3n) is 3.28. The molecule has 2 aromatic carbocycles. The van der Waals surface area contributed by atoms with Gasteiger partial charge in [0.15, 0.2) is 14.9 Å². The summed E-state index contributed by atoms with van der Waals surface area (Å²) in [7, 11) is -3.29. The van der Waals surface area contributed by atoms with Crippen LogP contribution in [0.1, 0.15) is 17.0 Å². The van der Waals surface area contributed by atoms with Crippen LogP contribution in [-0.2, 0) is 14.6 Å². The second-order valence-electron chi connectivity index (χ2n) is 5.04. The summed E-state index contributed by atoms with van der Waals surface area (Å²) in [5.41, 5.74) is 6.80. The van der Waals surface area contributed by atoms with Crippen LogP contribution >= 0.6 is 12.2 Å². The molecule has 0 heterocycles. The molecule has 2 aromatic rings. The highest BCUT2D eigenvalue weighted by molar-refractivity contribution is 7.90. The van der Waals surface area contributed by atoms with Crippen molar-refractivity contribution in [3.63, 3.8) is 0 Å². The van der Waals surface area contributed by atoms with Crippen molar-refractivity contribution >= 4 is 33.1 Å². The fourth-order valence-electron chi connectivity index (χ4n) is 2.24. The summed E-state index contributed by atoms with van der Waals surface area (Å²) in [5, 5.41) is 2.33. The van der Waals surface area contributed by atoms with Gasteiger partial charge in [-0.25, -0.2) is 8.42 Å². The predicted octanol–water partition coefficient (Wildman–Crippen LogP) is 1.58. The van der Waals surface area contributed by atoms with Crippen molar-refractivity contribution in [1.29, 1.82) is 0 Å². The van der Waals surface area contributed by atoms with Gasteiger partial charge in [-0.3, -0.25) is 4.79 Å². The van der Waals surface area contributed by atoms with Crippen molar-refractivity contribution in [3.8, 4) is 0 Å². The number of hydrogen-bond acceptors (Lipinski definition) is 4. The molecule has 0 aliphatic rings. The molecule has 1 amide bonds. The Labute approximate surface area is 140 Å².